The molecule has 0 atom stereocenters. The van der Waals surface area contributed by atoms with Crippen LogP contribution in [0.25, 0.3) is 22.0 Å². The van der Waals surface area contributed by atoms with Gasteiger partial charge in [0.2, 0.25) is 5.91 Å². The summed E-state index contributed by atoms with van der Waals surface area (Å²) >= 11 is 0. The molecule has 0 unspecified atom stereocenters. The Hall–Kier alpha value is -2.62. The number of hydrogen-bond acceptors (Lipinski definition) is 2. The fraction of sp³-hybridized carbons (Fsp3) is 0.125. The Morgan fingerprint density at radius 2 is 1.95 bits per heavy atom. The molecule has 1 heterocycles. The molecule has 4 nitrogen and oxygen atoms in total. The Bertz CT molecular complexity index is 818. The number of rotatable bonds is 2. The smallest absolute Gasteiger partial charge is 0.249 e. The molecule has 2 N–H and O–H groups in total. The van der Waals surface area contributed by atoms with Crippen molar-refractivity contribution in [2.24, 2.45) is 12.8 Å². The monoisotopic (exact) mass is 265 g/mol. The maximum atomic E-state index is 11.5. The minimum absolute atomic E-state index is 0.415. The van der Waals surface area contributed by atoms with Gasteiger partial charge in [-0.1, -0.05) is 30.3 Å². The molecule has 1 amide bonds. The van der Waals surface area contributed by atoms with Gasteiger partial charge in [-0.15, -0.1) is 0 Å². The van der Waals surface area contributed by atoms with Crippen molar-refractivity contribution >= 4 is 16.8 Å². The van der Waals surface area contributed by atoms with Gasteiger partial charge >= 0.3 is 0 Å². The lowest BCUT2D eigenvalue weighted by Crippen LogP contribution is -2.12. The summed E-state index contributed by atoms with van der Waals surface area (Å²) < 4.78 is 1.85. The largest absolute Gasteiger partial charge is 0.366 e. The summed E-state index contributed by atoms with van der Waals surface area (Å²) in [7, 11) is 1.92. The van der Waals surface area contributed by atoms with Gasteiger partial charge < -0.3 is 5.73 Å². The van der Waals surface area contributed by atoms with Crippen LogP contribution in [0.1, 0.15) is 16.1 Å². The quantitative estimate of drug-likeness (QED) is 0.774. The number of amides is 1. The van der Waals surface area contributed by atoms with Crippen LogP contribution in [0.15, 0.2) is 42.5 Å². The number of nitrogens with zero attached hydrogens (tertiary/aromatic N) is 2. The average molecular weight is 265 g/mol. The summed E-state index contributed by atoms with van der Waals surface area (Å²) in [5.74, 6) is -0.415. The zero-order valence-corrected chi connectivity index (χ0v) is 11.4. The third kappa shape index (κ3) is 1.86. The maximum Gasteiger partial charge on any atom is 0.249 e. The second-order valence-electron chi connectivity index (χ2n) is 4.85. The molecule has 20 heavy (non-hydrogen) atoms. The van der Waals surface area contributed by atoms with Crippen molar-refractivity contribution in [3.05, 3.63) is 53.7 Å². The van der Waals surface area contributed by atoms with E-state index in [0.717, 1.165) is 27.7 Å². The van der Waals surface area contributed by atoms with Gasteiger partial charge in [0.1, 0.15) is 0 Å². The van der Waals surface area contributed by atoms with Gasteiger partial charge in [0, 0.05) is 18.0 Å². The number of aromatic nitrogens is 2. The third-order valence-corrected chi connectivity index (χ3v) is 3.54. The molecular weight excluding hydrogens is 250 g/mol. The van der Waals surface area contributed by atoms with Gasteiger partial charge in [0.25, 0.3) is 0 Å². The van der Waals surface area contributed by atoms with Crippen LogP contribution in [0.4, 0.5) is 0 Å². The average Bonchev–Trinajstić information content (AvgIpc) is 2.73. The van der Waals surface area contributed by atoms with Crippen LogP contribution in [0.5, 0.6) is 0 Å². The van der Waals surface area contributed by atoms with Crippen LogP contribution in [0, 0.1) is 6.92 Å². The number of primary amides is 1. The Balaban J connectivity index is 2.25. The first-order valence-corrected chi connectivity index (χ1v) is 6.40. The van der Waals surface area contributed by atoms with Crippen molar-refractivity contribution in [1.82, 2.24) is 9.78 Å². The van der Waals surface area contributed by atoms with E-state index in [2.05, 4.69) is 5.10 Å². The molecule has 100 valence electrons. The summed E-state index contributed by atoms with van der Waals surface area (Å²) in [6.45, 7) is 1.99. The third-order valence-electron chi connectivity index (χ3n) is 3.54. The van der Waals surface area contributed by atoms with Crippen molar-refractivity contribution in [3.63, 3.8) is 0 Å². The van der Waals surface area contributed by atoms with Crippen molar-refractivity contribution in [2.45, 2.75) is 6.92 Å². The first kappa shape index (κ1) is 12.4. The number of aryl methyl sites for hydroxylation is 2. The highest BCUT2D eigenvalue weighted by Gasteiger charge is 2.11. The van der Waals surface area contributed by atoms with Gasteiger partial charge in [-0.2, -0.15) is 5.10 Å². The van der Waals surface area contributed by atoms with E-state index in [0.29, 0.717) is 5.56 Å². The zero-order valence-electron chi connectivity index (χ0n) is 11.4. The van der Waals surface area contributed by atoms with Gasteiger partial charge in [0.05, 0.1) is 11.2 Å². The highest BCUT2D eigenvalue weighted by molar-refractivity contribution is 6.00. The topological polar surface area (TPSA) is 60.9 Å². The number of hydrogen-bond donors (Lipinski definition) is 1. The first-order valence-electron chi connectivity index (χ1n) is 6.40. The Morgan fingerprint density at radius 3 is 2.70 bits per heavy atom. The summed E-state index contributed by atoms with van der Waals surface area (Å²) in [4.78, 5) is 11.5. The number of fused-ring (bicyclic) bond motifs is 1. The lowest BCUT2D eigenvalue weighted by molar-refractivity contribution is 0.100. The Morgan fingerprint density at radius 1 is 1.20 bits per heavy atom. The lowest BCUT2D eigenvalue weighted by atomic mass is 9.98. The summed E-state index contributed by atoms with van der Waals surface area (Å²) in [6, 6.07) is 13.4. The molecule has 0 saturated heterocycles. The summed E-state index contributed by atoms with van der Waals surface area (Å²) in [5.41, 5.74) is 9.83. The fourth-order valence-electron chi connectivity index (χ4n) is 2.56. The highest BCUT2D eigenvalue weighted by Crippen LogP contribution is 2.28. The van der Waals surface area contributed by atoms with Crippen LogP contribution in [-0.4, -0.2) is 15.7 Å². The van der Waals surface area contributed by atoms with Crippen molar-refractivity contribution in [3.8, 4) is 11.1 Å². The number of carbonyl (C=O) groups is 1. The van der Waals surface area contributed by atoms with Crippen LogP contribution < -0.4 is 5.73 Å². The van der Waals surface area contributed by atoms with Crippen molar-refractivity contribution in [2.75, 3.05) is 0 Å². The molecule has 0 fully saturated rings. The van der Waals surface area contributed by atoms with E-state index in [1.807, 2.05) is 55.1 Å². The lowest BCUT2D eigenvalue weighted by Gasteiger charge is -2.07. The standard InChI is InChI=1S/C16H15N3O/c1-10-12-8-7-11(9-15(12)19(2)18-10)13-5-3-4-6-14(13)16(17)20/h3-9H,1-2H3,(H2,17,20). The van der Waals surface area contributed by atoms with E-state index in [-0.39, 0.29) is 0 Å². The normalized spacial score (nSPS) is 10.9. The SMILES string of the molecule is Cc1nn(C)c2cc(-c3ccccc3C(N)=O)ccc12. The minimum Gasteiger partial charge on any atom is -0.366 e. The molecule has 0 aliphatic rings. The summed E-state index contributed by atoms with van der Waals surface area (Å²) in [5, 5.41) is 5.53. The van der Waals surface area contributed by atoms with E-state index < -0.39 is 5.91 Å². The number of carbonyl (C=O) groups excluding carboxylic acids is 1. The molecular formula is C16H15N3O. The van der Waals surface area contributed by atoms with E-state index in [4.69, 9.17) is 5.73 Å². The van der Waals surface area contributed by atoms with E-state index in [9.17, 15) is 4.79 Å². The molecule has 1 aromatic heterocycles. The van der Waals surface area contributed by atoms with Gasteiger partial charge in [-0.05, 0) is 30.2 Å². The predicted octanol–water partition coefficient (Wildman–Crippen LogP) is 2.65. The maximum absolute atomic E-state index is 11.5. The molecule has 4 heteroatoms. The van der Waals surface area contributed by atoms with Crippen LogP contribution in [0.2, 0.25) is 0 Å². The van der Waals surface area contributed by atoms with Crippen molar-refractivity contribution < 1.29 is 4.79 Å². The Kier molecular flexibility index (Phi) is 2.79. The van der Waals surface area contributed by atoms with Crippen molar-refractivity contribution in [1.29, 1.82) is 0 Å². The minimum atomic E-state index is -0.415. The Labute approximate surface area is 116 Å². The molecule has 2 aromatic carbocycles. The zero-order chi connectivity index (χ0) is 14.3. The van der Waals surface area contributed by atoms with Gasteiger partial charge in [-0.25, -0.2) is 0 Å². The second kappa shape index (κ2) is 4.49. The number of benzene rings is 2. The molecule has 0 radical (unpaired) electrons. The molecule has 0 aliphatic heterocycles. The van der Waals surface area contributed by atoms with Crippen LogP contribution in [0.3, 0.4) is 0 Å². The van der Waals surface area contributed by atoms with Gasteiger partial charge in [-0.3, -0.25) is 9.48 Å². The van der Waals surface area contributed by atoms with E-state index in [1.54, 1.807) is 6.07 Å². The number of nitrogens with two attached hydrogens (primary N) is 1. The molecule has 0 spiro atoms. The molecule has 0 bridgehead atoms. The second-order valence-corrected chi connectivity index (χ2v) is 4.85. The summed E-state index contributed by atoms with van der Waals surface area (Å²) in [6.07, 6.45) is 0. The highest BCUT2D eigenvalue weighted by atomic mass is 16.1. The fourth-order valence-corrected chi connectivity index (χ4v) is 2.56. The molecule has 0 aliphatic carbocycles. The van der Waals surface area contributed by atoms with E-state index >= 15 is 0 Å². The van der Waals surface area contributed by atoms with Crippen LogP contribution in [-0.2, 0) is 7.05 Å². The van der Waals surface area contributed by atoms with Crippen LogP contribution >= 0.6 is 0 Å². The molecule has 3 rings (SSSR count). The molecule has 0 saturated carbocycles. The van der Waals surface area contributed by atoms with Gasteiger partial charge in [0.15, 0.2) is 0 Å². The molecule has 3 aromatic rings. The first-order chi connectivity index (χ1) is 9.58. The van der Waals surface area contributed by atoms with E-state index in [1.165, 1.54) is 0 Å². The predicted molar refractivity (Wildman–Crippen MR) is 79.4 cm³/mol.